The second-order valence-corrected chi connectivity index (χ2v) is 11.1. The van der Waals surface area contributed by atoms with Crippen molar-refractivity contribution in [3.8, 4) is 0 Å². The minimum Gasteiger partial charge on any atom is -0.394 e. The van der Waals surface area contributed by atoms with Gasteiger partial charge in [0.25, 0.3) is 0 Å². The van der Waals surface area contributed by atoms with Crippen molar-refractivity contribution < 1.29 is 105 Å². The molecule has 20 atom stereocenters. The predicted molar refractivity (Wildman–Crippen MR) is 134 cm³/mol. The Hall–Kier alpha value is -0.840. The molecule has 4 rings (SSSR count). The molecule has 21 heteroatoms. The van der Waals surface area contributed by atoms with Crippen LogP contribution in [0, 0.1) is 0 Å². The molecule has 0 aromatic rings. The van der Waals surface area contributed by atoms with E-state index in [0.29, 0.717) is 0 Å². The second-order valence-electron chi connectivity index (χ2n) is 11.1. The quantitative estimate of drug-likeness (QED) is 0.103. The summed E-state index contributed by atoms with van der Waals surface area (Å²) in [6.07, 6.45) is -36.6. The molecule has 0 spiro atoms. The third-order valence-electron chi connectivity index (χ3n) is 8.21. The van der Waals surface area contributed by atoms with Gasteiger partial charge in [0, 0.05) is 0 Å². The summed E-state index contributed by atoms with van der Waals surface area (Å²) in [5.74, 6) is 0. The number of hydrogen-bond acceptors (Lipinski definition) is 21. The van der Waals surface area contributed by atoms with Gasteiger partial charge < -0.3 is 105 Å². The van der Waals surface area contributed by atoms with Crippen LogP contribution in [0.5, 0.6) is 0 Å². The van der Waals surface area contributed by atoms with Crippen LogP contribution in [-0.2, 0) is 33.2 Å². The Kier molecular flexibility index (Phi) is 12.8. The molecule has 4 saturated heterocycles. The van der Waals surface area contributed by atoms with E-state index in [0.717, 1.165) is 0 Å². The molecular formula is C24H42O21. The van der Waals surface area contributed by atoms with Gasteiger partial charge in [-0.05, 0) is 0 Å². The Morgan fingerprint density at radius 2 is 0.644 bits per heavy atom. The van der Waals surface area contributed by atoms with Gasteiger partial charge in [-0.2, -0.15) is 0 Å². The summed E-state index contributed by atoms with van der Waals surface area (Å²) in [5.41, 5.74) is 0. The van der Waals surface area contributed by atoms with E-state index >= 15 is 0 Å². The van der Waals surface area contributed by atoms with Crippen molar-refractivity contribution in [1.29, 1.82) is 0 Å². The Morgan fingerprint density at radius 3 is 1.07 bits per heavy atom. The lowest BCUT2D eigenvalue weighted by Gasteiger charge is -2.49. The van der Waals surface area contributed by atoms with Crippen molar-refractivity contribution in [2.24, 2.45) is 0 Å². The molecule has 0 aliphatic carbocycles. The monoisotopic (exact) mass is 666 g/mol. The summed E-state index contributed by atoms with van der Waals surface area (Å²) in [7, 11) is 0. The molecule has 9 unspecified atom stereocenters. The summed E-state index contributed by atoms with van der Waals surface area (Å²) in [6.45, 7) is -3.41. The van der Waals surface area contributed by atoms with E-state index in [4.69, 9.17) is 33.2 Å². The number of rotatable bonds is 10. The van der Waals surface area contributed by atoms with Crippen molar-refractivity contribution in [1.82, 2.24) is 0 Å². The second kappa shape index (κ2) is 15.6. The maximum atomic E-state index is 11.0. The molecule has 264 valence electrons. The minimum absolute atomic E-state index is 0.791. The molecule has 0 bridgehead atoms. The maximum absolute atomic E-state index is 11.0. The van der Waals surface area contributed by atoms with E-state index in [1.165, 1.54) is 0 Å². The van der Waals surface area contributed by atoms with Crippen molar-refractivity contribution in [3.63, 3.8) is 0 Å². The fourth-order valence-corrected chi connectivity index (χ4v) is 5.48. The molecular weight excluding hydrogens is 624 g/mol. The molecule has 0 aromatic heterocycles. The van der Waals surface area contributed by atoms with Crippen LogP contribution < -0.4 is 0 Å². The summed E-state index contributed by atoms with van der Waals surface area (Å²) < 4.78 is 38.3. The van der Waals surface area contributed by atoms with Crippen LogP contribution in [0.4, 0.5) is 0 Å². The summed E-state index contributed by atoms with van der Waals surface area (Å²) in [6, 6.07) is 0. The summed E-state index contributed by atoms with van der Waals surface area (Å²) >= 11 is 0. The van der Waals surface area contributed by atoms with Crippen molar-refractivity contribution >= 4 is 0 Å². The standard InChI is InChI=1S/C24H42O21/c25-1-5-10(30)14(34)18(21(38)39-5)43-23-20(16(36)12(32)7(3-27)41-23)45-24-19(15(35)11(31)8(4-28)42-24)44-22-17(37)13(33)9(29)6(2-26)40-22/h5-38H,1-4H2/t5?,6?,7?,8?,9-,10-,11-,12-,13-,14-,15-,16-,17?,18?,19?,20?,21?,22-,23-,24-/m0/s1. The van der Waals surface area contributed by atoms with Gasteiger partial charge in [-0.15, -0.1) is 0 Å². The highest BCUT2D eigenvalue weighted by atomic mass is 16.8. The van der Waals surface area contributed by atoms with Crippen LogP contribution in [0.2, 0.25) is 0 Å². The summed E-state index contributed by atoms with van der Waals surface area (Å²) in [4.78, 5) is 0. The van der Waals surface area contributed by atoms with E-state index in [2.05, 4.69) is 0 Å². The highest BCUT2D eigenvalue weighted by Gasteiger charge is 2.55. The largest absolute Gasteiger partial charge is 0.394 e. The molecule has 0 amide bonds. The van der Waals surface area contributed by atoms with E-state index in [1.54, 1.807) is 0 Å². The van der Waals surface area contributed by atoms with Crippen LogP contribution in [0.3, 0.4) is 0 Å². The van der Waals surface area contributed by atoms with Crippen LogP contribution in [0.1, 0.15) is 0 Å². The Balaban J connectivity index is 1.61. The topological polar surface area (TPSA) is 348 Å². The predicted octanol–water partition coefficient (Wildman–Crippen LogP) is -9.75. The molecule has 0 radical (unpaired) electrons. The lowest BCUT2D eigenvalue weighted by molar-refractivity contribution is -0.405. The first-order chi connectivity index (χ1) is 21.3. The first kappa shape index (κ1) is 37.0. The fourth-order valence-electron chi connectivity index (χ4n) is 5.48. The van der Waals surface area contributed by atoms with Crippen LogP contribution in [-0.4, -0.2) is 221 Å². The lowest BCUT2D eigenvalue weighted by Crippen LogP contribution is -2.68. The molecule has 4 heterocycles. The highest BCUT2D eigenvalue weighted by molar-refractivity contribution is 4.97. The van der Waals surface area contributed by atoms with Gasteiger partial charge in [0.15, 0.2) is 25.2 Å². The smallest absolute Gasteiger partial charge is 0.187 e. The fraction of sp³-hybridized carbons (Fsp3) is 1.00. The first-order valence-electron chi connectivity index (χ1n) is 14.1. The van der Waals surface area contributed by atoms with Gasteiger partial charge >= 0.3 is 0 Å². The van der Waals surface area contributed by atoms with Gasteiger partial charge in [0.1, 0.15) is 97.7 Å². The molecule has 14 N–H and O–H groups in total. The molecule has 45 heavy (non-hydrogen) atoms. The SMILES string of the molecule is OCC1OC(O)C(O[C@@H]2OC(CO)[C@H](O)[C@H](O)C2O[C@@H]2OC(CO)[C@H](O)[C@H](O)C2O[C@@H]2OC(CO)[C@H](O)[C@H](O)C2O)[C@@H](O)[C@H]1O. The average molecular weight is 667 g/mol. The first-order valence-corrected chi connectivity index (χ1v) is 14.1. The Morgan fingerprint density at radius 1 is 0.333 bits per heavy atom. The Bertz CT molecular complexity index is 916. The summed E-state index contributed by atoms with van der Waals surface area (Å²) in [5, 5.41) is 143. The number of aliphatic hydroxyl groups is 14. The van der Waals surface area contributed by atoms with Crippen molar-refractivity contribution in [2.45, 2.75) is 123 Å². The zero-order chi connectivity index (χ0) is 33.3. The van der Waals surface area contributed by atoms with E-state index in [-0.39, 0.29) is 0 Å². The minimum atomic E-state index is -2.03. The van der Waals surface area contributed by atoms with Crippen LogP contribution in [0.15, 0.2) is 0 Å². The van der Waals surface area contributed by atoms with Crippen LogP contribution >= 0.6 is 0 Å². The van der Waals surface area contributed by atoms with E-state index in [1.807, 2.05) is 0 Å². The molecule has 21 nitrogen and oxygen atoms in total. The zero-order valence-electron chi connectivity index (χ0n) is 23.5. The number of hydrogen-bond donors (Lipinski definition) is 14. The average Bonchev–Trinajstić information content (AvgIpc) is 3.03. The third-order valence-corrected chi connectivity index (χ3v) is 8.21. The lowest BCUT2D eigenvalue weighted by atomic mass is 9.96. The maximum Gasteiger partial charge on any atom is 0.187 e. The van der Waals surface area contributed by atoms with Gasteiger partial charge in [0.2, 0.25) is 0 Å². The normalized spacial score (nSPS) is 52.9. The van der Waals surface area contributed by atoms with Crippen molar-refractivity contribution in [3.05, 3.63) is 0 Å². The Labute approximate surface area is 254 Å². The van der Waals surface area contributed by atoms with E-state index < -0.39 is 149 Å². The van der Waals surface area contributed by atoms with Crippen molar-refractivity contribution in [2.75, 3.05) is 26.4 Å². The van der Waals surface area contributed by atoms with Crippen LogP contribution in [0.25, 0.3) is 0 Å². The molecule has 0 aromatic carbocycles. The van der Waals surface area contributed by atoms with Gasteiger partial charge in [-0.25, -0.2) is 0 Å². The third kappa shape index (κ3) is 7.44. The van der Waals surface area contributed by atoms with Gasteiger partial charge in [-0.1, -0.05) is 0 Å². The van der Waals surface area contributed by atoms with Gasteiger partial charge in [0.05, 0.1) is 26.4 Å². The van der Waals surface area contributed by atoms with Gasteiger partial charge in [-0.3, -0.25) is 0 Å². The highest BCUT2D eigenvalue weighted by Crippen LogP contribution is 2.34. The zero-order valence-corrected chi connectivity index (χ0v) is 23.5. The molecule has 4 fully saturated rings. The molecule has 4 aliphatic heterocycles. The number of ether oxygens (including phenoxy) is 7. The molecule has 4 aliphatic rings. The number of aliphatic hydroxyl groups excluding tert-OH is 14. The van der Waals surface area contributed by atoms with E-state index in [9.17, 15) is 71.5 Å². The molecule has 0 saturated carbocycles.